The molecule has 0 saturated heterocycles. The van der Waals surface area contributed by atoms with Gasteiger partial charge in [-0.2, -0.15) is 5.10 Å². The summed E-state index contributed by atoms with van der Waals surface area (Å²) in [6.45, 7) is 1.09. The fraction of sp³-hybridized carbons (Fsp3) is 0.471. The number of rotatable bonds is 5. The number of aromatic nitrogens is 2. The van der Waals surface area contributed by atoms with E-state index in [1.165, 1.54) is 29.7 Å². The summed E-state index contributed by atoms with van der Waals surface area (Å²) < 4.78 is 2.01. The first-order valence-corrected chi connectivity index (χ1v) is 7.71. The SMILES string of the molecule is Cn1ncc2c1CCCC2NCCc1ccc(CO)cc1. The van der Waals surface area contributed by atoms with Crippen molar-refractivity contribution in [1.29, 1.82) is 0 Å². The number of aliphatic hydroxyl groups is 1. The lowest BCUT2D eigenvalue weighted by Gasteiger charge is -2.24. The van der Waals surface area contributed by atoms with Crippen molar-refractivity contribution in [2.75, 3.05) is 6.54 Å². The van der Waals surface area contributed by atoms with Crippen LogP contribution in [0, 0.1) is 0 Å². The van der Waals surface area contributed by atoms with E-state index in [0.29, 0.717) is 6.04 Å². The first-order valence-electron chi connectivity index (χ1n) is 7.71. The summed E-state index contributed by atoms with van der Waals surface area (Å²) in [6.07, 6.45) is 6.60. The molecule has 1 heterocycles. The van der Waals surface area contributed by atoms with Crippen LogP contribution in [0.3, 0.4) is 0 Å². The second-order valence-electron chi connectivity index (χ2n) is 5.79. The van der Waals surface area contributed by atoms with Crippen LogP contribution in [0.15, 0.2) is 30.5 Å². The Morgan fingerprint density at radius 2 is 2.05 bits per heavy atom. The molecule has 1 atom stereocenters. The van der Waals surface area contributed by atoms with Gasteiger partial charge < -0.3 is 10.4 Å². The Morgan fingerprint density at radius 1 is 1.29 bits per heavy atom. The second kappa shape index (κ2) is 6.41. The third-order valence-electron chi connectivity index (χ3n) is 4.39. The average Bonchev–Trinajstić information content (AvgIpc) is 2.91. The van der Waals surface area contributed by atoms with Gasteiger partial charge in [-0.3, -0.25) is 4.68 Å². The summed E-state index contributed by atoms with van der Waals surface area (Å²) in [7, 11) is 2.03. The molecule has 4 nitrogen and oxygen atoms in total. The van der Waals surface area contributed by atoms with Crippen LogP contribution < -0.4 is 5.32 Å². The first kappa shape index (κ1) is 14.3. The van der Waals surface area contributed by atoms with Gasteiger partial charge in [-0.1, -0.05) is 24.3 Å². The number of aliphatic hydroxyl groups excluding tert-OH is 1. The Kier molecular flexibility index (Phi) is 4.36. The normalized spacial score (nSPS) is 17.7. The molecule has 112 valence electrons. The fourth-order valence-corrected chi connectivity index (χ4v) is 3.12. The number of hydrogen-bond donors (Lipinski definition) is 2. The number of benzene rings is 1. The summed E-state index contributed by atoms with van der Waals surface area (Å²) in [5.74, 6) is 0. The van der Waals surface area contributed by atoms with E-state index in [-0.39, 0.29) is 6.61 Å². The molecule has 3 rings (SSSR count). The van der Waals surface area contributed by atoms with Crippen LogP contribution in [0.1, 0.15) is 41.3 Å². The molecule has 1 aromatic heterocycles. The minimum atomic E-state index is 0.115. The lowest BCUT2D eigenvalue weighted by Crippen LogP contribution is -2.27. The van der Waals surface area contributed by atoms with Gasteiger partial charge in [-0.25, -0.2) is 0 Å². The van der Waals surface area contributed by atoms with Crippen molar-refractivity contribution in [3.05, 3.63) is 52.8 Å². The molecule has 0 bridgehead atoms. The zero-order valence-corrected chi connectivity index (χ0v) is 12.5. The Hall–Kier alpha value is -1.65. The molecule has 0 amide bonds. The number of aryl methyl sites for hydroxylation is 1. The summed E-state index contributed by atoms with van der Waals surface area (Å²) in [5.41, 5.74) is 5.03. The minimum absolute atomic E-state index is 0.115. The van der Waals surface area contributed by atoms with Crippen LogP contribution in [-0.4, -0.2) is 21.4 Å². The summed E-state index contributed by atoms with van der Waals surface area (Å²) in [5, 5.41) is 17.1. The average molecular weight is 285 g/mol. The lowest BCUT2D eigenvalue weighted by molar-refractivity contribution is 0.282. The highest BCUT2D eigenvalue weighted by molar-refractivity contribution is 5.25. The van der Waals surface area contributed by atoms with E-state index in [2.05, 4.69) is 22.5 Å². The molecule has 2 aromatic rings. The van der Waals surface area contributed by atoms with E-state index < -0.39 is 0 Å². The van der Waals surface area contributed by atoms with E-state index in [0.717, 1.165) is 24.9 Å². The van der Waals surface area contributed by atoms with Gasteiger partial charge >= 0.3 is 0 Å². The Morgan fingerprint density at radius 3 is 2.81 bits per heavy atom. The summed E-state index contributed by atoms with van der Waals surface area (Å²) >= 11 is 0. The molecule has 4 heteroatoms. The maximum atomic E-state index is 9.05. The summed E-state index contributed by atoms with van der Waals surface area (Å²) in [4.78, 5) is 0. The van der Waals surface area contributed by atoms with E-state index in [9.17, 15) is 0 Å². The van der Waals surface area contributed by atoms with Crippen LogP contribution in [0.25, 0.3) is 0 Å². The minimum Gasteiger partial charge on any atom is -0.392 e. The van der Waals surface area contributed by atoms with E-state index in [1.54, 1.807) is 0 Å². The van der Waals surface area contributed by atoms with Crippen LogP contribution in [0.4, 0.5) is 0 Å². The van der Waals surface area contributed by atoms with Crippen molar-refractivity contribution in [3.63, 3.8) is 0 Å². The molecule has 1 aromatic carbocycles. The molecule has 1 aliphatic rings. The maximum absolute atomic E-state index is 9.05. The van der Waals surface area contributed by atoms with Crippen molar-refractivity contribution < 1.29 is 5.11 Å². The molecule has 0 aliphatic heterocycles. The van der Waals surface area contributed by atoms with Gasteiger partial charge in [0.2, 0.25) is 0 Å². The predicted octanol–water partition coefficient (Wildman–Crippen LogP) is 2.12. The van der Waals surface area contributed by atoms with Gasteiger partial charge in [0.1, 0.15) is 0 Å². The Labute approximate surface area is 125 Å². The molecule has 2 N–H and O–H groups in total. The molecule has 1 unspecified atom stereocenters. The van der Waals surface area contributed by atoms with Gasteiger partial charge in [0, 0.05) is 24.3 Å². The zero-order valence-electron chi connectivity index (χ0n) is 12.5. The smallest absolute Gasteiger partial charge is 0.0681 e. The van der Waals surface area contributed by atoms with E-state index >= 15 is 0 Å². The monoisotopic (exact) mass is 285 g/mol. The highest BCUT2D eigenvalue weighted by Crippen LogP contribution is 2.28. The Balaban J connectivity index is 1.56. The van der Waals surface area contributed by atoms with E-state index in [1.807, 2.05) is 30.1 Å². The van der Waals surface area contributed by atoms with Crippen LogP contribution in [0.5, 0.6) is 0 Å². The zero-order chi connectivity index (χ0) is 14.7. The molecule has 0 spiro atoms. The van der Waals surface area contributed by atoms with Crippen molar-refractivity contribution in [2.24, 2.45) is 7.05 Å². The van der Waals surface area contributed by atoms with Crippen LogP contribution in [-0.2, 0) is 26.5 Å². The van der Waals surface area contributed by atoms with Crippen LogP contribution >= 0.6 is 0 Å². The predicted molar refractivity (Wildman–Crippen MR) is 83.0 cm³/mol. The lowest BCUT2D eigenvalue weighted by atomic mass is 9.93. The van der Waals surface area contributed by atoms with Crippen molar-refractivity contribution in [1.82, 2.24) is 15.1 Å². The summed E-state index contributed by atoms with van der Waals surface area (Å²) in [6, 6.07) is 8.64. The van der Waals surface area contributed by atoms with Gasteiger partial charge in [-0.15, -0.1) is 0 Å². The molecule has 0 fully saturated rings. The van der Waals surface area contributed by atoms with Crippen molar-refractivity contribution in [2.45, 2.75) is 38.3 Å². The standard InChI is InChI=1S/C17H23N3O/c1-20-17-4-2-3-16(15(17)11-19-20)18-10-9-13-5-7-14(12-21)8-6-13/h5-8,11,16,18,21H,2-4,9-10,12H2,1H3. The molecule has 1 aliphatic carbocycles. The van der Waals surface area contributed by atoms with Gasteiger partial charge in [0.15, 0.2) is 0 Å². The third kappa shape index (κ3) is 3.17. The van der Waals surface area contributed by atoms with Gasteiger partial charge in [0.25, 0.3) is 0 Å². The van der Waals surface area contributed by atoms with Crippen molar-refractivity contribution in [3.8, 4) is 0 Å². The first-order chi connectivity index (χ1) is 10.3. The fourth-order valence-electron chi connectivity index (χ4n) is 3.12. The van der Waals surface area contributed by atoms with Crippen LogP contribution in [0.2, 0.25) is 0 Å². The largest absolute Gasteiger partial charge is 0.392 e. The highest BCUT2D eigenvalue weighted by Gasteiger charge is 2.22. The Bertz CT molecular complexity index is 589. The second-order valence-corrected chi connectivity index (χ2v) is 5.79. The number of fused-ring (bicyclic) bond motifs is 1. The topological polar surface area (TPSA) is 50.1 Å². The van der Waals surface area contributed by atoms with Crippen molar-refractivity contribution >= 4 is 0 Å². The van der Waals surface area contributed by atoms with Gasteiger partial charge in [0.05, 0.1) is 12.8 Å². The molecule has 0 saturated carbocycles. The molecule has 21 heavy (non-hydrogen) atoms. The number of hydrogen-bond acceptors (Lipinski definition) is 3. The third-order valence-corrected chi connectivity index (χ3v) is 4.39. The number of nitrogens with one attached hydrogen (secondary N) is 1. The highest BCUT2D eigenvalue weighted by atomic mass is 16.3. The maximum Gasteiger partial charge on any atom is 0.0681 e. The number of nitrogens with zero attached hydrogens (tertiary/aromatic N) is 2. The van der Waals surface area contributed by atoms with Gasteiger partial charge in [-0.05, 0) is 43.4 Å². The van der Waals surface area contributed by atoms with E-state index in [4.69, 9.17) is 5.11 Å². The molecular formula is C17H23N3O. The quantitative estimate of drug-likeness (QED) is 0.885. The molecule has 0 radical (unpaired) electrons. The molecular weight excluding hydrogens is 262 g/mol.